The molecule has 0 saturated carbocycles. The van der Waals surface area contributed by atoms with Crippen LogP contribution in [0.2, 0.25) is 0 Å². The van der Waals surface area contributed by atoms with Crippen LogP contribution in [0.3, 0.4) is 0 Å². The lowest BCUT2D eigenvalue weighted by Crippen LogP contribution is -2.19. The van der Waals surface area contributed by atoms with Crippen LogP contribution >= 0.6 is 11.8 Å². The van der Waals surface area contributed by atoms with Crippen molar-refractivity contribution in [1.82, 2.24) is 0 Å². The summed E-state index contributed by atoms with van der Waals surface area (Å²) in [5, 5.41) is 12.4. The lowest BCUT2D eigenvalue weighted by atomic mass is 10.1. The zero-order chi connectivity index (χ0) is 17.0. The molecule has 2 rings (SSSR count). The van der Waals surface area contributed by atoms with Gasteiger partial charge in [-0.2, -0.15) is 4.39 Å². The zero-order valence-corrected chi connectivity index (χ0v) is 12.8. The van der Waals surface area contributed by atoms with Crippen LogP contribution in [-0.2, 0) is 4.79 Å². The number of rotatable bonds is 5. The number of hydrogen-bond acceptors (Lipinski definition) is 4. The molecular weight excluding hydrogens is 326 g/mol. The van der Waals surface area contributed by atoms with E-state index in [1.165, 1.54) is 11.8 Å². The van der Waals surface area contributed by atoms with Crippen molar-refractivity contribution in [3.05, 3.63) is 69.8 Å². The van der Waals surface area contributed by atoms with Crippen LogP contribution in [0.15, 0.2) is 42.5 Å². The van der Waals surface area contributed by atoms with E-state index in [9.17, 15) is 23.7 Å². The standard InChI is InChI=1S/C15H12F2N2O3S/c1-23-14(9-5-3-2-4-6-9)15(20)18-12-8-13(19(21)22)11(17)7-10(12)16/h2-8,14H,1H3,(H,18,20)/t14-/m0/s1. The van der Waals surface area contributed by atoms with Gasteiger partial charge in [0.25, 0.3) is 0 Å². The second-order valence-electron chi connectivity index (χ2n) is 4.56. The first-order valence-corrected chi connectivity index (χ1v) is 7.75. The average Bonchev–Trinajstić information content (AvgIpc) is 2.51. The Kier molecular flexibility index (Phi) is 5.28. The average molecular weight is 338 g/mol. The predicted molar refractivity (Wildman–Crippen MR) is 84.3 cm³/mol. The number of hydrogen-bond donors (Lipinski definition) is 1. The van der Waals surface area contributed by atoms with Gasteiger partial charge in [-0.15, -0.1) is 11.8 Å². The number of amides is 1. The van der Waals surface area contributed by atoms with Crippen molar-refractivity contribution >= 4 is 29.0 Å². The fourth-order valence-corrected chi connectivity index (χ4v) is 2.70. The van der Waals surface area contributed by atoms with Crippen molar-refractivity contribution in [3.8, 4) is 0 Å². The Morgan fingerprint density at radius 2 is 1.87 bits per heavy atom. The minimum Gasteiger partial charge on any atom is -0.322 e. The molecule has 120 valence electrons. The molecule has 0 aliphatic carbocycles. The van der Waals surface area contributed by atoms with E-state index in [0.717, 1.165) is 0 Å². The summed E-state index contributed by atoms with van der Waals surface area (Å²) in [4.78, 5) is 22.0. The molecular formula is C15H12F2N2O3S. The van der Waals surface area contributed by atoms with Gasteiger partial charge in [0.1, 0.15) is 11.1 Å². The molecule has 0 heterocycles. The molecule has 0 fully saturated rings. The fourth-order valence-electron chi connectivity index (χ4n) is 1.99. The van der Waals surface area contributed by atoms with E-state index in [1.54, 1.807) is 36.6 Å². The molecule has 1 atom stereocenters. The first-order chi connectivity index (χ1) is 10.9. The first kappa shape index (κ1) is 16.9. The van der Waals surface area contributed by atoms with E-state index < -0.39 is 39.1 Å². The Morgan fingerprint density at radius 1 is 1.22 bits per heavy atom. The number of benzene rings is 2. The Labute approximate surface area is 134 Å². The molecule has 0 spiro atoms. The van der Waals surface area contributed by atoms with Gasteiger partial charge in [0, 0.05) is 12.1 Å². The number of carbonyl (C=O) groups is 1. The molecule has 5 nitrogen and oxygen atoms in total. The van der Waals surface area contributed by atoms with E-state index in [2.05, 4.69) is 5.32 Å². The maximum absolute atomic E-state index is 13.7. The van der Waals surface area contributed by atoms with Crippen molar-refractivity contribution in [1.29, 1.82) is 0 Å². The third-order valence-electron chi connectivity index (χ3n) is 3.07. The van der Waals surface area contributed by atoms with Gasteiger partial charge in [-0.1, -0.05) is 30.3 Å². The Bertz CT molecular complexity index is 741. The maximum Gasteiger partial charge on any atom is 0.307 e. The molecule has 0 radical (unpaired) electrons. The molecule has 0 aliphatic rings. The van der Waals surface area contributed by atoms with E-state index in [1.807, 2.05) is 0 Å². The van der Waals surface area contributed by atoms with E-state index in [0.29, 0.717) is 17.7 Å². The summed E-state index contributed by atoms with van der Waals surface area (Å²) in [7, 11) is 0. The van der Waals surface area contributed by atoms with Crippen molar-refractivity contribution in [3.63, 3.8) is 0 Å². The number of thioether (sulfide) groups is 1. The highest BCUT2D eigenvalue weighted by atomic mass is 32.2. The Morgan fingerprint density at radius 3 is 2.43 bits per heavy atom. The highest BCUT2D eigenvalue weighted by Crippen LogP contribution is 2.30. The highest BCUT2D eigenvalue weighted by molar-refractivity contribution is 7.99. The van der Waals surface area contributed by atoms with Crippen molar-refractivity contribution in [2.24, 2.45) is 0 Å². The molecule has 1 N–H and O–H groups in total. The minimum absolute atomic E-state index is 0.379. The SMILES string of the molecule is CS[C@H](C(=O)Nc1cc([N+](=O)[O-])c(F)cc1F)c1ccccc1. The van der Waals surface area contributed by atoms with Crippen LogP contribution in [0.25, 0.3) is 0 Å². The molecule has 23 heavy (non-hydrogen) atoms. The summed E-state index contributed by atoms with van der Waals surface area (Å²) in [6.07, 6.45) is 1.71. The molecule has 0 bridgehead atoms. The van der Waals surface area contributed by atoms with Crippen LogP contribution in [-0.4, -0.2) is 17.1 Å². The van der Waals surface area contributed by atoms with Gasteiger partial charge in [-0.05, 0) is 11.8 Å². The molecule has 8 heteroatoms. The topological polar surface area (TPSA) is 72.2 Å². The van der Waals surface area contributed by atoms with Gasteiger partial charge in [0.15, 0.2) is 0 Å². The van der Waals surface area contributed by atoms with E-state index >= 15 is 0 Å². The van der Waals surface area contributed by atoms with Gasteiger partial charge in [0.2, 0.25) is 11.7 Å². The van der Waals surface area contributed by atoms with Gasteiger partial charge >= 0.3 is 5.69 Å². The van der Waals surface area contributed by atoms with Crippen LogP contribution in [0.5, 0.6) is 0 Å². The zero-order valence-electron chi connectivity index (χ0n) is 12.0. The highest BCUT2D eigenvalue weighted by Gasteiger charge is 2.23. The van der Waals surface area contributed by atoms with Gasteiger partial charge in [0.05, 0.1) is 10.6 Å². The number of halogens is 2. The molecule has 2 aromatic carbocycles. The summed E-state index contributed by atoms with van der Waals surface area (Å²) < 4.78 is 27.0. The molecule has 0 aliphatic heterocycles. The van der Waals surface area contributed by atoms with Gasteiger partial charge in [-0.25, -0.2) is 4.39 Å². The summed E-state index contributed by atoms with van der Waals surface area (Å²) in [5.41, 5.74) is -0.630. The van der Waals surface area contributed by atoms with Crippen LogP contribution in [0.4, 0.5) is 20.2 Å². The third-order valence-corrected chi connectivity index (χ3v) is 4.02. The van der Waals surface area contributed by atoms with Crippen LogP contribution in [0, 0.1) is 21.7 Å². The monoisotopic (exact) mass is 338 g/mol. The number of carbonyl (C=O) groups excluding carboxylic acids is 1. The van der Waals surface area contributed by atoms with Crippen molar-refractivity contribution in [2.75, 3.05) is 11.6 Å². The second kappa shape index (κ2) is 7.19. The lowest BCUT2D eigenvalue weighted by molar-refractivity contribution is -0.387. The molecule has 2 aromatic rings. The van der Waals surface area contributed by atoms with E-state index in [4.69, 9.17) is 0 Å². The van der Waals surface area contributed by atoms with E-state index in [-0.39, 0.29) is 0 Å². The minimum atomic E-state index is -1.30. The third kappa shape index (κ3) is 3.84. The summed E-state index contributed by atoms with van der Waals surface area (Å²) in [5.74, 6) is -2.92. The maximum atomic E-state index is 13.7. The van der Waals surface area contributed by atoms with Gasteiger partial charge in [-0.3, -0.25) is 14.9 Å². The Balaban J connectivity index is 2.29. The quantitative estimate of drug-likeness (QED) is 0.662. The number of nitro benzene ring substituents is 1. The Hall–Kier alpha value is -2.48. The number of nitrogens with zero attached hydrogens (tertiary/aromatic N) is 1. The summed E-state index contributed by atoms with van der Waals surface area (Å²) in [6, 6.07) is 9.84. The van der Waals surface area contributed by atoms with Crippen molar-refractivity contribution < 1.29 is 18.5 Å². The normalized spacial score (nSPS) is 11.8. The fraction of sp³-hybridized carbons (Fsp3) is 0.133. The summed E-state index contributed by atoms with van der Waals surface area (Å²) in [6.45, 7) is 0. The molecule has 0 aromatic heterocycles. The number of anilines is 1. The summed E-state index contributed by atoms with van der Waals surface area (Å²) >= 11 is 1.23. The van der Waals surface area contributed by atoms with Crippen LogP contribution in [0.1, 0.15) is 10.8 Å². The lowest BCUT2D eigenvalue weighted by Gasteiger charge is -2.15. The largest absolute Gasteiger partial charge is 0.322 e. The molecule has 0 saturated heterocycles. The first-order valence-electron chi connectivity index (χ1n) is 6.46. The molecule has 0 unspecified atom stereocenters. The number of nitrogens with one attached hydrogen (secondary N) is 1. The van der Waals surface area contributed by atoms with Gasteiger partial charge < -0.3 is 5.32 Å². The smallest absolute Gasteiger partial charge is 0.307 e. The van der Waals surface area contributed by atoms with Crippen LogP contribution < -0.4 is 5.32 Å². The number of nitro groups is 1. The van der Waals surface area contributed by atoms with Crippen molar-refractivity contribution in [2.45, 2.75) is 5.25 Å². The molecule has 1 amide bonds. The second-order valence-corrected chi connectivity index (χ2v) is 5.50. The predicted octanol–water partition coefficient (Wildman–Crippen LogP) is 3.92.